The van der Waals surface area contributed by atoms with Crippen molar-refractivity contribution >= 4 is 5.91 Å². The number of hydrogen-bond donors (Lipinski definition) is 3. The third-order valence-corrected chi connectivity index (χ3v) is 2.53. The van der Waals surface area contributed by atoms with E-state index in [4.69, 9.17) is 0 Å². The summed E-state index contributed by atoms with van der Waals surface area (Å²) in [4.78, 5) is 11.8. The Morgan fingerprint density at radius 3 is 2.06 bits per heavy atom. The van der Waals surface area contributed by atoms with Crippen molar-refractivity contribution in [1.82, 2.24) is 10.6 Å². The van der Waals surface area contributed by atoms with Gasteiger partial charge in [-0.05, 0) is 47.0 Å². The molecular weight excluding hydrogens is 228 g/mol. The highest BCUT2D eigenvalue weighted by molar-refractivity contribution is 5.81. The summed E-state index contributed by atoms with van der Waals surface area (Å²) < 4.78 is 0. The maximum Gasteiger partial charge on any atom is 0.237 e. The number of rotatable bonds is 6. The Hall–Kier alpha value is -0.610. The average molecular weight is 258 g/mol. The van der Waals surface area contributed by atoms with Gasteiger partial charge < -0.3 is 15.7 Å². The number of nitrogens with one attached hydrogen (secondary N) is 2. The van der Waals surface area contributed by atoms with E-state index in [2.05, 4.69) is 24.5 Å². The summed E-state index contributed by atoms with van der Waals surface area (Å²) in [5, 5.41) is 16.2. The van der Waals surface area contributed by atoms with Crippen molar-refractivity contribution in [3.8, 4) is 0 Å². The van der Waals surface area contributed by atoms with Crippen LogP contribution >= 0.6 is 0 Å². The van der Waals surface area contributed by atoms with Crippen molar-refractivity contribution < 1.29 is 9.90 Å². The van der Waals surface area contributed by atoms with E-state index in [9.17, 15) is 9.90 Å². The van der Waals surface area contributed by atoms with E-state index in [-0.39, 0.29) is 17.5 Å². The first-order chi connectivity index (χ1) is 7.93. The van der Waals surface area contributed by atoms with E-state index in [1.165, 1.54) is 0 Å². The lowest BCUT2D eigenvalue weighted by Gasteiger charge is -2.28. The standard InChI is InChI=1S/C14H30N2O2/c1-10(2)8-14(7,18)9-15-11(3)12(17)16-13(4,5)6/h10-11,15,18H,8-9H2,1-7H3,(H,16,17). The van der Waals surface area contributed by atoms with E-state index in [0.29, 0.717) is 18.9 Å². The van der Waals surface area contributed by atoms with Crippen LogP contribution in [0.1, 0.15) is 54.9 Å². The Bertz CT molecular complexity index is 267. The normalized spacial score (nSPS) is 17.4. The van der Waals surface area contributed by atoms with Gasteiger partial charge in [0.25, 0.3) is 0 Å². The van der Waals surface area contributed by atoms with Gasteiger partial charge in [0.1, 0.15) is 0 Å². The highest BCUT2D eigenvalue weighted by Crippen LogP contribution is 2.15. The van der Waals surface area contributed by atoms with Crippen molar-refractivity contribution in [2.45, 2.75) is 72.1 Å². The number of carbonyl (C=O) groups is 1. The highest BCUT2D eigenvalue weighted by Gasteiger charge is 2.25. The van der Waals surface area contributed by atoms with Crippen LogP contribution in [-0.2, 0) is 4.79 Å². The molecule has 2 atom stereocenters. The maximum absolute atomic E-state index is 11.8. The summed E-state index contributed by atoms with van der Waals surface area (Å²) in [6, 6.07) is -0.303. The molecule has 18 heavy (non-hydrogen) atoms. The molecule has 108 valence electrons. The van der Waals surface area contributed by atoms with Crippen LogP contribution in [-0.4, -0.2) is 34.7 Å². The molecule has 0 aliphatic carbocycles. The van der Waals surface area contributed by atoms with E-state index >= 15 is 0 Å². The summed E-state index contributed by atoms with van der Waals surface area (Å²) in [5.74, 6) is 0.392. The first-order valence-corrected chi connectivity index (χ1v) is 6.71. The fraction of sp³-hybridized carbons (Fsp3) is 0.929. The van der Waals surface area contributed by atoms with Gasteiger partial charge in [-0.25, -0.2) is 0 Å². The van der Waals surface area contributed by atoms with Crippen LogP contribution in [0.5, 0.6) is 0 Å². The zero-order valence-electron chi connectivity index (χ0n) is 12.9. The zero-order valence-corrected chi connectivity index (χ0v) is 12.9. The third-order valence-electron chi connectivity index (χ3n) is 2.53. The zero-order chi connectivity index (χ0) is 14.6. The molecule has 0 aromatic heterocycles. The van der Waals surface area contributed by atoms with Crippen LogP contribution in [0.3, 0.4) is 0 Å². The summed E-state index contributed by atoms with van der Waals surface area (Å²) in [7, 11) is 0. The molecule has 0 aliphatic rings. The molecule has 0 aromatic rings. The molecule has 0 saturated carbocycles. The summed E-state index contributed by atoms with van der Waals surface area (Å²) in [6.45, 7) is 14.0. The Morgan fingerprint density at radius 2 is 1.67 bits per heavy atom. The molecule has 0 heterocycles. The van der Waals surface area contributed by atoms with Gasteiger partial charge in [0.15, 0.2) is 0 Å². The predicted molar refractivity (Wildman–Crippen MR) is 75.4 cm³/mol. The molecule has 4 heteroatoms. The topological polar surface area (TPSA) is 61.4 Å². The van der Waals surface area contributed by atoms with Crippen molar-refractivity contribution in [1.29, 1.82) is 0 Å². The number of carbonyl (C=O) groups excluding carboxylic acids is 1. The molecule has 2 unspecified atom stereocenters. The van der Waals surface area contributed by atoms with Gasteiger partial charge in [-0.15, -0.1) is 0 Å². The summed E-state index contributed by atoms with van der Waals surface area (Å²) >= 11 is 0. The second kappa shape index (κ2) is 6.53. The van der Waals surface area contributed by atoms with Gasteiger partial charge in [-0.3, -0.25) is 4.79 Å². The minimum Gasteiger partial charge on any atom is -0.389 e. The Balaban J connectivity index is 4.17. The van der Waals surface area contributed by atoms with E-state index < -0.39 is 5.60 Å². The molecule has 0 saturated heterocycles. The molecule has 3 N–H and O–H groups in total. The molecule has 1 amide bonds. The number of amides is 1. The fourth-order valence-corrected chi connectivity index (χ4v) is 1.90. The Morgan fingerprint density at radius 1 is 1.17 bits per heavy atom. The first kappa shape index (κ1) is 17.4. The first-order valence-electron chi connectivity index (χ1n) is 6.71. The molecule has 0 spiro atoms. The Kier molecular flexibility index (Phi) is 6.30. The molecule has 0 aromatic carbocycles. The van der Waals surface area contributed by atoms with Crippen molar-refractivity contribution in [3.05, 3.63) is 0 Å². The van der Waals surface area contributed by atoms with Gasteiger partial charge in [-0.2, -0.15) is 0 Å². The molecule has 0 fully saturated rings. The molecule has 0 aliphatic heterocycles. The maximum atomic E-state index is 11.8. The minimum absolute atomic E-state index is 0.0390. The monoisotopic (exact) mass is 258 g/mol. The second-order valence-corrected chi connectivity index (χ2v) is 6.94. The fourth-order valence-electron chi connectivity index (χ4n) is 1.90. The van der Waals surface area contributed by atoms with Gasteiger partial charge >= 0.3 is 0 Å². The van der Waals surface area contributed by atoms with Gasteiger partial charge in [0.05, 0.1) is 11.6 Å². The molecule has 4 nitrogen and oxygen atoms in total. The molecular formula is C14H30N2O2. The lowest BCUT2D eigenvalue weighted by Crippen LogP contribution is -2.52. The van der Waals surface area contributed by atoms with E-state index in [1.54, 1.807) is 6.92 Å². The van der Waals surface area contributed by atoms with Crippen LogP contribution in [0.25, 0.3) is 0 Å². The number of hydrogen-bond acceptors (Lipinski definition) is 3. The lowest BCUT2D eigenvalue weighted by molar-refractivity contribution is -0.124. The number of aliphatic hydroxyl groups is 1. The minimum atomic E-state index is -0.773. The lowest BCUT2D eigenvalue weighted by atomic mass is 9.94. The van der Waals surface area contributed by atoms with Crippen molar-refractivity contribution in [3.63, 3.8) is 0 Å². The largest absolute Gasteiger partial charge is 0.389 e. The quantitative estimate of drug-likeness (QED) is 0.679. The predicted octanol–water partition coefficient (Wildman–Crippen LogP) is 1.68. The smallest absolute Gasteiger partial charge is 0.237 e. The van der Waals surface area contributed by atoms with Crippen molar-refractivity contribution in [2.75, 3.05) is 6.54 Å². The van der Waals surface area contributed by atoms with Crippen LogP contribution in [0.2, 0.25) is 0 Å². The average Bonchev–Trinajstić information content (AvgIpc) is 2.09. The highest BCUT2D eigenvalue weighted by atomic mass is 16.3. The van der Waals surface area contributed by atoms with E-state index in [0.717, 1.165) is 0 Å². The second-order valence-electron chi connectivity index (χ2n) is 6.94. The van der Waals surface area contributed by atoms with Crippen LogP contribution < -0.4 is 10.6 Å². The van der Waals surface area contributed by atoms with Crippen LogP contribution in [0.15, 0.2) is 0 Å². The van der Waals surface area contributed by atoms with Gasteiger partial charge in [-0.1, -0.05) is 13.8 Å². The van der Waals surface area contributed by atoms with Gasteiger partial charge in [0, 0.05) is 12.1 Å². The third kappa shape index (κ3) is 8.48. The Labute approximate surface area is 112 Å². The SMILES string of the molecule is CC(C)CC(C)(O)CNC(C)C(=O)NC(C)(C)C. The van der Waals surface area contributed by atoms with Crippen LogP contribution in [0, 0.1) is 5.92 Å². The summed E-state index contributed by atoms with van der Waals surface area (Å²) in [6.07, 6.45) is 0.716. The summed E-state index contributed by atoms with van der Waals surface area (Å²) in [5.41, 5.74) is -1.00. The van der Waals surface area contributed by atoms with Crippen molar-refractivity contribution in [2.24, 2.45) is 5.92 Å². The molecule has 0 radical (unpaired) electrons. The molecule has 0 bridgehead atoms. The van der Waals surface area contributed by atoms with Crippen LogP contribution in [0.4, 0.5) is 0 Å². The molecule has 0 rings (SSSR count). The van der Waals surface area contributed by atoms with Gasteiger partial charge in [0.2, 0.25) is 5.91 Å². The van der Waals surface area contributed by atoms with E-state index in [1.807, 2.05) is 27.7 Å².